The molecule has 1 atom stereocenters. The highest BCUT2D eigenvalue weighted by molar-refractivity contribution is 5.87. The number of carbonyl (C=O) groups excluding carboxylic acids is 1. The van der Waals surface area contributed by atoms with Crippen molar-refractivity contribution in [1.82, 2.24) is 10.2 Å². The van der Waals surface area contributed by atoms with Crippen molar-refractivity contribution in [2.45, 2.75) is 52.1 Å². The Labute approximate surface area is 132 Å². The summed E-state index contributed by atoms with van der Waals surface area (Å²) in [6.45, 7) is 15.5. The van der Waals surface area contributed by atoms with E-state index < -0.39 is 0 Å². The predicted molar refractivity (Wildman–Crippen MR) is 90.1 cm³/mol. The number of piperidine rings is 1. The maximum atomic E-state index is 12.3. The number of hydrogen-bond donors (Lipinski definition) is 1. The SMILES string of the molecule is C=C1CCC(N2Cc3c(C(C)C)ccc(C)c3C2=C)C(=O)N1. The van der Waals surface area contributed by atoms with Gasteiger partial charge in [0.2, 0.25) is 5.91 Å². The van der Waals surface area contributed by atoms with Crippen molar-refractivity contribution in [3.8, 4) is 0 Å². The van der Waals surface area contributed by atoms with Crippen LogP contribution in [0.5, 0.6) is 0 Å². The minimum absolute atomic E-state index is 0.0500. The van der Waals surface area contributed by atoms with Gasteiger partial charge in [-0.1, -0.05) is 39.1 Å². The molecule has 2 aliphatic rings. The number of amides is 1. The number of nitrogens with zero attached hydrogens (tertiary/aromatic N) is 1. The Hall–Kier alpha value is -2.03. The van der Waals surface area contributed by atoms with E-state index in [1.54, 1.807) is 0 Å². The Kier molecular flexibility index (Phi) is 3.59. The molecule has 1 amide bonds. The van der Waals surface area contributed by atoms with Crippen LogP contribution in [0.25, 0.3) is 5.70 Å². The van der Waals surface area contributed by atoms with Crippen molar-refractivity contribution in [1.29, 1.82) is 0 Å². The second-order valence-electron chi connectivity index (χ2n) is 6.70. The number of carbonyl (C=O) groups is 1. The van der Waals surface area contributed by atoms with E-state index in [2.05, 4.69) is 56.3 Å². The van der Waals surface area contributed by atoms with Gasteiger partial charge in [0.15, 0.2) is 0 Å². The van der Waals surface area contributed by atoms with Gasteiger partial charge in [-0.15, -0.1) is 0 Å². The number of aryl methyl sites for hydroxylation is 1. The fourth-order valence-corrected chi connectivity index (χ4v) is 3.66. The predicted octanol–water partition coefficient (Wildman–Crippen LogP) is 3.70. The maximum Gasteiger partial charge on any atom is 0.246 e. The van der Waals surface area contributed by atoms with Crippen LogP contribution in [-0.2, 0) is 11.3 Å². The Morgan fingerprint density at radius 3 is 2.68 bits per heavy atom. The van der Waals surface area contributed by atoms with Crippen LogP contribution < -0.4 is 5.32 Å². The van der Waals surface area contributed by atoms with Gasteiger partial charge in [-0.2, -0.15) is 0 Å². The molecule has 3 heteroatoms. The molecular formula is C19H24N2O. The molecule has 1 fully saturated rings. The molecule has 1 saturated heterocycles. The molecule has 1 aromatic rings. The molecule has 2 heterocycles. The molecule has 3 nitrogen and oxygen atoms in total. The minimum Gasteiger partial charge on any atom is -0.355 e. The van der Waals surface area contributed by atoms with Gasteiger partial charge in [0.05, 0.1) is 0 Å². The first kappa shape index (κ1) is 14.9. The summed E-state index contributed by atoms with van der Waals surface area (Å²) >= 11 is 0. The number of fused-ring (bicyclic) bond motifs is 1. The number of benzene rings is 1. The summed E-state index contributed by atoms with van der Waals surface area (Å²) in [6, 6.07) is 4.26. The summed E-state index contributed by atoms with van der Waals surface area (Å²) in [4.78, 5) is 14.5. The molecular weight excluding hydrogens is 272 g/mol. The summed E-state index contributed by atoms with van der Waals surface area (Å²) in [5, 5.41) is 2.89. The molecule has 1 aromatic carbocycles. The topological polar surface area (TPSA) is 32.3 Å². The highest BCUT2D eigenvalue weighted by Crippen LogP contribution is 2.40. The lowest BCUT2D eigenvalue weighted by Gasteiger charge is -2.33. The average Bonchev–Trinajstić information content (AvgIpc) is 2.77. The van der Waals surface area contributed by atoms with E-state index in [9.17, 15) is 4.79 Å². The first-order valence-electron chi connectivity index (χ1n) is 7.97. The van der Waals surface area contributed by atoms with E-state index in [-0.39, 0.29) is 11.9 Å². The van der Waals surface area contributed by atoms with Gasteiger partial charge in [-0.3, -0.25) is 4.79 Å². The number of hydrogen-bond acceptors (Lipinski definition) is 2. The highest BCUT2D eigenvalue weighted by Gasteiger charge is 2.36. The van der Waals surface area contributed by atoms with Crippen LogP contribution in [0, 0.1) is 6.92 Å². The minimum atomic E-state index is -0.134. The van der Waals surface area contributed by atoms with Crippen molar-refractivity contribution < 1.29 is 4.79 Å². The van der Waals surface area contributed by atoms with Gasteiger partial charge in [-0.05, 0) is 42.4 Å². The molecule has 0 aromatic heterocycles. The lowest BCUT2D eigenvalue weighted by molar-refractivity contribution is -0.125. The van der Waals surface area contributed by atoms with Crippen molar-refractivity contribution in [2.24, 2.45) is 0 Å². The molecule has 22 heavy (non-hydrogen) atoms. The summed E-state index contributed by atoms with van der Waals surface area (Å²) in [5.41, 5.74) is 7.00. The molecule has 2 aliphatic heterocycles. The molecule has 3 rings (SSSR count). The second kappa shape index (κ2) is 5.31. The Bertz CT molecular complexity index is 672. The van der Waals surface area contributed by atoms with Gasteiger partial charge in [0.25, 0.3) is 0 Å². The van der Waals surface area contributed by atoms with Crippen LogP contribution in [0.1, 0.15) is 54.9 Å². The zero-order valence-electron chi connectivity index (χ0n) is 13.7. The summed E-state index contributed by atoms with van der Waals surface area (Å²) < 4.78 is 0. The van der Waals surface area contributed by atoms with E-state index in [1.807, 2.05) is 0 Å². The highest BCUT2D eigenvalue weighted by atomic mass is 16.2. The lowest BCUT2D eigenvalue weighted by atomic mass is 9.92. The van der Waals surface area contributed by atoms with Gasteiger partial charge in [-0.25, -0.2) is 0 Å². The van der Waals surface area contributed by atoms with Crippen LogP contribution in [0.15, 0.2) is 31.0 Å². The standard InChI is InChI=1S/C19H24N2O/c1-11(2)15-8-6-12(3)18-14(5)21(10-16(15)18)17-9-7-13(4)20-19(17)22/h6,8,11,17H,4-5,7,9-10H2,1-3H3,(H,20,22). The van der Waals surface area contributed by atoms with Crippen LogP contribution in [0.4, 0.5) is 0 Å². The zero-order valence-corrected chi connectivity index (χ0v) is 13.7. The number of rotatable bonds is 2. The summed E-state index contributed by atoms with van der Waals surface area (Å²) in [5.74, 6) is 0.524. The third-order valence-electron chi connectivity index (χ3n) is 4.84. The average molecular weight is 296 g/mol. The summed E-state index contributed by atoms with van der Waals surface area (Å²) in [6.07, 6.45) is 1.65. The number of nitrogens with one attached hydrogen (secondary N) is 1. The number of allylic oxidation sites excluding steroid dienone is 1. The van der Waals surface area contributed by atoms with Crippen LogP contribution in [0.2, 0.25) is 0 Å². The van der Waals surface area contributed by atoms with Crippen molar-refractivity contribution >= 4 is 11.6 Å². The maximum absolute atomic E-state index is 12.3. The molecule has 0 saturated carbocycles. The molecule has 1 N–H and O–H groups in total. The van der Waals surface area contributed by atoms with E-state index in [4.69, 9.17) is 0 Å². The normalized spacial score (nSPS) is 21.4. The Balaban J connectivity index is 1.97. The van der Waals surface area contributed by atoms with Gasteiger partial charge in [0.1, 0.15) is 6.04 Å². The Morgan fingerprint density at radius 2 is 2.05 bits per heavy atom. The zero-order chi connectivity index (χ0) is 16.0. The van der Waals surface area contributed by atoms with Gasteiger partial charge >= 0.3 is 0 Å². The van der Waals surface area contributed by atoms with E-state index in [0.717, 1.165) is 30.8 Å². The van der Waals surface area contributed by atoms with Gasteiger partial charge < -0.3 is 10.2 Å². The molecule has 0 bridgehead atoms. The first-order valence-corrected chi connectivity index (χ1v) is 7.97. The molecule has 1 unspecified atom stereocenters. The van der Waals surface area contributed by atoms with Crippen LogP contribution in [0.3, 0.4) is 0 Å². The van der Waals surface area contributed by atoms with Crippen LogP contribution >= 0.6 is 0 Å². The van der Waals surface area contributed by atoms with Crippen molar-refractivity contribution in [3.05, 3.63) is 53.2 Å². The van der Waals surface area contributed by atoms with Gasteiger partial charge in [0, 0.05) is 23.5 Å². The largest absolute Gasteiger partial charge is 0.355 e. The smallest absolute Gasteiger partial charge is 0.246 e. The van der Waals surface area contributed by atoms with E-state index >= 15 is 0 Å². The van der Waals surface area contributed by atoms with E-state index in [1.165, 1.54) is 22.3 Å². The third-order valence-corrected chi connectivity index (χ3v) is 4.84. The second-order valence-corrected chi connectivity index (χ2v) is 6.70. The monoisotopic (exact) mass is 296 g/mol. The lowest BCUT2D eigenvalue weighted by Crippen LogP contribution is -2.47. The molecule has 0 spiro atoms. The fourth-order valence-electron chi connectivity index (χ4n) is 3.66. The molecule has 116 valence electrons. The van der Waals surface area contributed by atoms with E-state index in [0.29, 0.717) is 5.92 Å². The van der Waals surface area contributed by atoms with Crippen molar-refractivity contribution in [3.63, 3.8) is 0 Å². The fraction of sp³-hybridized carbons (Fsp3) is 0.421. The van der Waals surface area contributed by atoms with Crippen molar-refractivity contribution in [2.75, 3.05) is 0 Å². The van der Waals surface area contributed by atoms with Crippen LogP contribution in [-0.4, -0.2) is 16.8 Å². The molecule has 0 radical (unpaired) electrons. The first-order chi connectivity index (χ1) is 10.4. The quantitative estimate of drug-likeness (QED) is 0.902. The Morgan fingerprint density at radius 1 is 1.32 bits per heavy atom. The summed E-state index contributed by atoms with van der Waals surface area (Å²) in [7, 11) is 0. The molecule has 0 aliphatic carbocycles. The third kappa shape index (κ3) is 2.25.